The number of nitrogens with zero attached hydrogens (tertiary/aromatic N) is 2. The lowest BCUT2D eigenvalue weighted by Crippen LogP contribution is -2.45. The van der Waals surface area contributed by atoms with E-state index in [9.17, 15) is 0 Å². The number of rotatable bonds is 6. The Labute approximate surface area is 172 Å². The topological polar surface area (TPSA) is 39.7 Å². The third-order valence-corrected chi connectivity index (χ3v) is 6.29. The minimum atomic E-state index is 0. The summed E-state index contributed by atoms with van der Waals surface area (Å²) in [5.74, 6) is 3.58. The van der Waals surface area contributed by atoms with Crippen LogP contribution >= 0.6 is 24.0 Å². The monoisotopic (exact) mass is 462 g/mol. The molecule has 0 aromatic rings. The third kappa shape index (κ3) is 6.56. The predicted molar refractivity (Wildman–Crippen MR) is 118 cm³/mol. The van der Waals surface area contributed by atoms with Crippen LogP contribution in [0.3, 0.4) is 0 Å². The summed E-state index contributed by atoms with van der Waals surface area (Å²) < 4.78 is 0. The van der Waals surface area contributed by atoms with Crippen LogP contribution in [0.4, 0.5) is 0 Å². The molecule has 2 N–H and O–H groups in total. The van der Waals surface area contributed by atoms with E-state index in [4.69, 9.17) is 4.99 Å². The number of likely N-dealkylation sites (tertiary alicyclic amines) is 1. The van der Waals surface area contributed by atoms with E-state index in [-0.39, 0.29) is 24.0 Å². The molecule has 1 aliphatic heterocycles. The first kappa shape index (κ1) is 21.3. The zero-order chi connectivity index (χ0) is 16.9. The standard InChI is InChI=1S/C20H38N4.HI/c1-4-21-20(23-18-7-5-17(6-8-18)15(2)3)22-13-16-11-12-24(14-16)19-9-10-19;/h15-19H,4-14H2,1-3H3,(H2,21,22,23);1H. The van der Waals surface area contributed by atoms with Crippen molar-refractivity contribution in [1.82, 2.24) is 15.5 Å². The molecule has 0 amide bonds. The van der Waals surface area contributed by atoms with Crippen molar-refractivity contribution in [2.75, 3.05) is 26.2 Å². The summed E-state index contributed by atoms with van der Waals surface area (Å²) in [6.45, 7) is 11.4. The van der Waals surface area contributed by atoms with E-state index < -0.39 is 0 Å². The maximum Gasteiger partial charge on any atom is 0.191 e. The highest BCUT2D eigenvalue weighted by Crippen LogP contribution is 2.32. The molecule has 4 nitrogen and oxygen atoms in total. The van der Waals surface area contributed by atoms with E-state index in [0.29, 0.717) is 6.04 Å². The van der Waals surface area contributed by atoms with Gasteiger partial charge in [-0.25, -0.2) is 0 Å². The Bertz CT molecular complexity index is 414. The lowest BCUT2D eigenvalue weighted by Gasteiger charge is -2.32. The maximum atomic E-state index is 4.93. The summed E-state index contributed by atoms with van der Waals surface area (Å²) >= 11 is 0. The van der Waals surface area contributed by atoms with Gasteiger partial charge in [0.2, 0.25) is 0 Å². The minimum absolute atomic E-state index is 0. The normalized spacial score (nSPS) is 31.0. The number of halogens is 1. The van der Waals surface area contributed by atoms with Gasteiger partial charge in [-0.3, -0.25) is 4.99 Å². The molecule has 1 unspecified atom stereocenters. The number of hydrogen-bond acceptors (Lipinski definition) is 2. The summed E-state index contributed by atoms with van der Waals surface area (Å²) in [5.41, 5.74) is 0. The second kappa shape index (κ2) is 10.3. The Morgan fingerprint density at radius 2 is 1.80 bits per heavy atom. The van der Waals surface area contributed by atoms with Crippen LogP contribution in [0.1, 0.15) is 65.7 Å². The number of aliphatic imine (C=N–C) groups is 1. The fraction of sp³-hybridized carbons (Fsp3) is 0.950. The van der Waals surface area contributed by atoms with Crippen molar-refractivity contribution in [2.24, 2.45) is 22.7 Å². The van der Waals surface area contributed by atoms with Gasteiger partial charge in [-0.05, 0) is 76.2 Å². The second-order valence-corrected chi connectivity index (χ2v) is 8.60. The molecule has 5 heteroatoms. The Morgan fingerprint density at radius 3 is 2.40 bits per heavy atom. The summed E-state index contributed by atoms with van der Waals surface area (Å²) in [6, 6.07) is 1.53. The van der Waals surface area contributed by atoms with Crippen molar-refractivity contribution in [3.05, 3.63) is 0 Å². The minimum Gasteiger partial charge on any atom is -0.357 e. The van der Waals surface area contributed by atoms with Crippen LogP contribution in [-0.2, 0) is 0 Å². The van der Waals surface area contributed by atoms with Crippen molar-refractivity contribution in [3.8, 4) is 0 Å². The van der Waals surface area contributed by atoms with Crippen LogP contribution in [0.25, 0.3) is 0 Å². The van der Waals surface area contributed by atoms with Gasteiger partial charge in [0, 0.05) is 31.7 Å². The molecule has 1 heterocycles. The first-order chi connectivity index (χ1) is 11.7. The van der Waals surface area contributed by atoms with Gasteiger partial charge in [0.25, 0.3) is 0 Å². The fourth-order valence-corrected chi connectivity index (χ4v) is 4.45. The van der Waals surface area contributed by atoms with E-state index in [1.54, 1.807) is 0 Å². The van der Waals surface area contributed by atoms with Crippen molar-refractivity contribution in [1.29, 1.82) is 0 Å². The molecule has 3 aliphatic rings. The Balaban J connectivity index is 0.00000225. The van der Waals surface area contributed by atoms with Crippen molar-refractivity contribution >= 4 is 29.9 Å². The first-order valence-electron chi connectivity index (χ1n) is 10.4. The molecule has 0 aromatic heterocycles. The molecule has 3 rings (SSSR count). The lowest BCUT2D eigenvalue weighted by molar-refractivity contribution is 0.250. The SMILES string of the molecule is CCNC(=NCC1CCN(C2CC2)C1)NC1CCC(C(C)C)CC1.I. The molecular formula is C20H39IN4. The molecule has 1 atom stereocenters. The summed E-state index contributed by atoms with van der Waals surface area (Å²) in [4.78, 5) is 7.61. The van der Waals surface area contributed by atoms with Gasteiger partial charge in [-0.15, -0.1) is 24.0 Å². The van der Waals surface area contributed by atoms with Crippen molar-refractivity contribution in [2.45, 2.75) is 77.8 Å². The van der Waals surface area contributed by atoms with E-state index in [1.165, 1.54) is 58.0 Å². The molecule has 2 saturated carbocycles. The molecule has 2 aliphatic carbocycles. The number of nitrogens with one attached hydrogen (secondary N) is 2. The molecule has 1 saturated heterocycles. The average Bonchev–Trinajstić information content (AvgIpc) is 3.32. The second-order valence-electron chi connectivity index (χ2n) is 8.60. The van der Waals surface area contributed by atoms with E-state index >= 15 is 0 Å². The molecule has 0 radical (unpaired) electrons. The summed E-state index contributed by atoms with van der Waals surface area (Å²) in [6.07, 6.45) is 9.52. The van der Waals surface area contributed by atoms with Crippen molar-refractivity contribution < 1.29 is 0 Å². The molecule has 0 aromatic carbocycles. The Kier molecular flexibility index (Phi) is 8.79. The van der Waals surface area contributed by atoms with Gasteiger partial charge in [-0.2, -0.15) is 0 Å². The fourth-order valence-electron chi connectivity index (χ4n) is 4.45. The molecule has 25 heavy (non-hydrogen) atoms. The van der Waals surface area contributed by atoms with E-state index in [2.05, 4.69) is 36.3 Å². The molecule has 0 bridgehead atoms. The average molecular weight is 462 g/mol. The van der Waals surface area contributed by atoms with Crippen LogP contribution in [0.15, 0.2) is 4.99 Å². The summed E-state index contributed by atoms with van der Waals surface area (Å²) in [7, 11) is 0. The van der Waals surface area contributed by atoms with Crippen LogP contribution in [0.2, 0.25) is 0 Å². The van der Waals surface area contributed by atoms with Gasteiger partial charge in [0.05, 0.1) is 0 Å². The van der Waals surface area contributed by atoms with E-state index in [1.807, 2.05) is 0 Å². The van der Waals surface area contributed by atoms with Crippen LogP contribution in [0, 0.1) is 17.8 Å². The third-order valence-electron chi connectivity index (χ3n) is 6.29. The van der Waals surface area contributed by atoms with Crippen molar-refractivity contribution in [3.63, 3.8) is 0 Å². The highest BCUT2D eigenvalue weighted by atomic mass is 127. The van der Waals surface area contributed by atoms with Gasteiger partial charge < -0.3 is 15.5 Å². The van der Waals surface area contributed by atoms with Gasteiger partial charge in [0.15, 0.2) is 5.96 Å². The van der Waals surface area contributed by atoms with Gasteiger partial charge >= 0.3 is 0 Å². The molecular weight excluding hydrogens is 423 g/mol. The quantitative estimate of drug-likeness (QED) is 0.358. The highest BCUT2D eigenvalue weighted by molar-refractivity contribution is 14.0. The molecule has 0 spiro atoms. The largest absolute Gasteiger partial charge is 0.357 e. The van der Waals surface area contributed by atoms with Crippen LogP contribution in [0.5, 0.6) is 0 Å². The molecule has 3 fully saturated rings. The zero-order valence-electron chi connectivity index (χ0n) is 16.5. The number of hydrogen-bond donors (Lipinski definition) is 2. The van der Waals surface area contributed by atoms with Crippen LogP contribution < -0.4 is 10.6 Å². The lowest BCUT2D eigenvalue weighted by atomic mass is 9.80. The summed E-state index contributed by atoms with van der Waals surface area (Å²) in [5, 5.41) is 7.17. The Morgan fingerprint density at radius 1 is 1.08 bits per heavy atom. The predicted octanol–water partition coefficient (Wildman–Crippen LogP) is 3.86. The number of guanidine groups is 1. The Hall–Kier alpha value is -0.0400. The zero-order valence-corrected chi connectivity index (χ0v) is 18.8. The first-order valence-corrected chi connectivity index (χ1v) is 10.4. The van der Waals surface area contributed by atoms with E-state index in [0.717, 1.165) is 42.8 Å². The van der Waals surface area contributed by atoms with Gasteiger partial charge in [0.1, 0.15) is 0 Å². The highest BCUT2D eigenvalue weighted by Gasteiger charge is 2.34. The molecule has 146 valence electrons. The maximum absolute atomic E-state index is 4.93. The van der Waals surface area contributed by atoms with Crippen LogP contribution in [-0.4, -0.2) is 49.1 Å². The van der Waals surface area contributed by atoms with Gasteiger partial charge in [-0.1, -0.05) is 13.8 Å². The smallest absolute Gasteiger partial charge is 0.191 e.